The number of piperidine rings is 1. The quantitative estimate of drug-likeness (QED) is 0.913. The van der Waals surface area contributed by atoms with Crippen LogP contribution in [0.15, 0.2) is 29.2 Å². The van der Waals surface area contributed by atoms with Crippen LogP contribution in [0.4, 0.5) is 0 Å². The summed E-state index contributed by atoms with van der Waals surface area (Å²) in [4.78, 5) is 6.59. The fourth-order valence-corrected chi connectivity index (χ4v) is 2.85. The zero-order valence-electron chi connectivity index (χ0n) is 11.6. The van der Waals surface area contributed by atoms with Crippen LogP contribution in [0.25, 0.3) is 0 Å². The van der Waals surface area contributed by atoms with Crippen LogP contribution in [0.1, 0.15) is 30.5 Å². The van der Waals surface area contributed by atoms with Gasteiger partial charge in [0, 0.05) is 32.1 Å². The van der Waals surface area contributed by atoms with Crippen molar-refractivity contribution in [2.45, 2.75) is 25.5 Å². The highest BCUT2D eigenvalue weighted by Gasteiger charge is 2.28. The third-order valence-corrected chi connectivity index (χ3v) is 4.08. The molecule has 108 valence electrons. The summed E-state index contributed by atoms with van der Waals surface area (Å²) < 4.78 is 6.75. The molecule has 6 heteroatoms. The number of rotatable bonds is 4. The molecule has 1 unspecified atom stereocenters. The Bertz CT molecular complexity index is 529. The molecule has 0 aromatic carbocycles. The van der Waals surface area contributed by atoms with Crippen molar-refractivity contribution in [3.05, 3.63) is 36.2 Å². The predicted octanol–water partition coefficient (Wildman–Crippen LogP) is 1.35. The third kappa shape index (κ3) is 2.76. The SMILES string of the molecule is Cn1ccnc1C(O)C1CCN(Cc2ccon2)CC1. The van der Waals surface area contributed by atoms with Crippen molar-refractivity contribution in [1.82, 2.24) is 19.6 Å². The fourth-order valence-electron chi connectivity index (χ4n) is 2.85. The number of likely N-dealkylation sites (tertiary alicyclic amines) is 1. The van der Waals surface area contributed by atoms with Gasteiger partial charge < -0.3 is 14.2 Å². The summed E-state index contributed by atoms with van der Waals surface area (Å²) in [6.07, 6.45) is 6.70. The summed E-state index contributed by atoms with van der Waals surface area (Å²) in [7, 11) is 1.92. The van der Waals surface area contributed by atoms with Crippen molar-refractivity contribution in [2.24, 2.45) is 13.0 Å². The lowest BCUT2D eigenvalue weighted by molar-refractivity contribution is 0.0487. The van der Waals surface area contributed by atoms with Gasteiger partial charge in [0.15, 0.2) is 0 Å². The van der Waals surface area contributed by atoms with Crippen LogP contribution >= 0.6 is 0 Å². The molecule has 1 saturated heterocycles. The summed E-state index contributed by atoms with van der Waals surface area (Å²) in [5, 5.41) is 14.4. The Kier molecular flexibility index (Phi) is 3.84. The number of nitrogens with zero attached hydrogens (tertiary/aromatic N) is 4. The molecule has 0 aliphatic carbocycles. The van der Waals surface area contributed by atoms with Gasteiger partial charge in [-0.3, -0.25) is 4.90 Å². The predicted molar refractivity (Wildman–Crippen MR) is 72.7 cm³/mol. The minimum absolute atomic E-state index is 0.282. The van der Waals surface area contributed by atoms with Gasteiger partial charge in [0.05, 0.1) is 5.69 Å². The molecule has 2 aromatic rings. The first-order valence-corrected chi connectivity index (χ1v) is 7.01. The normalized spacial score (nSPS) is 19.3. The summed E-state index contributed by atoms with van der Waals surface area (Å²) in [6, 6.07) is 1.90. The fraction of sp³-hybridized carbons (Fsp3) is 0.571. The van der Waals surface area contributed by atoms with Crippen molar-refractivity contribution in [3.8, 4) is 0 Å². The molecular formula is C14H20N4O2. The molecule has 1 aliphatic heterocycles. The van der Waals surface area contributed by atoms with Gasteiger partial charge in [0.1, 0.15) is 18.2 Å². The molecule has 1 aliphatic rings. The lowest BCUT2D eigenvalue weighted by Gasteiger charge is -2.33. The molecule has 6 nitrogen and oxygen atoms in total. The van der Waals surface area contributed by atoms with Gasteiger partial charge in [0.2, 0.25) is 0 Å². The Morgan fingerprint density at radius 1 is 1.45 bits per heavy atom. The van der Waals surface area contributed by atoms with Crippen LogP contribution in [-0.4, -0.2) is 37.8 Å². The van der Waals surface area contributed by atoms with Crippen LogP contribution in [-0.2, 0) is 13.6 Å². The van der Waals surface area contributed by atoms with Gasteiger partial charge in [-0.1, -0.05) is 5.16 Å². The number of aliphatic hydroxyl groups excluding tert-OH is 1. The summed E-state index contributed by atoms with van der Waals surface area (Å²) in [6.45, 7) is 2.76. The second-order valence-corrected chi connectivity index (χ2v) is 5.45. The van der Waals surface area contributed by atoms with E-state index >= 15 is 0 Å². The number of aromatic nitrogens is 3. The molecule has 0 saturated carbocycles. The topological polar surface area (TPSA) is 67.3 Å². The monoisotopic (exact) mass is 276 g/mol. The van der Waals surface area contributed by atoms with Crippen molar-refractivity contribution >= 4 is 0 Å². The highest BCUT2D eigenvalue weighted by atomic mass is 16.5. The van der Waals surface area contributed by atoms with Gasteiger partial charge in [-0.15, -0.1) is 0 Å². The molecule has 3 heterocycles. The van der Waals surface area contributed by atoms with Crippen molar-refractivity contribution in [3.63, 3.8) is 0 Å². The minimum Gasteiger partial charge on any atom is -0.385 e. The number of aliphatic hydroxyl groups is 1. The molecule has 2 aromatic heterocycles. The molecule has 0 spiro atoms. The maximum atomic E-state index is 10.4. The van der Waals surface area contributed by atoms with Crippen LogP contribution in [0.3, 0.4) is 0 Å². The molecular weight excluding hydrogens is 256 g/mol. The standard InChI is InChI=1S/C14H20N4O2/c1-17-8-5-15-14(17)13(19)11-2-6-18(7-3-11)10-12-4-9-20-16-12/h4-5,8-9,11,13,19H,2-3,6-7,10H2,1H3. The van der Waals surface area contributed by atoms with Gasteiger partial charge in [-0.25, -0.2) is 4.98 Å². The highest BCUT2D eigenvalue weighted by Crippen LogP contribution is 2.30. The second-order valence-electron chi connectivity index (χ2n) is 5.45. The Labute approximate surface area is 118 Å². The van der Waals surface area contributed by atoms with E-state index in [1.54, 1.807) is 12.5 Å². The maximum absolute atomic E-state index is 10.4. The molecule has 1 atom stereocenters. The molecule has 1 N–H and O–H groups in total. The van der Waals surface area contributed by atoms with Gasteiger partial charge in [0.25, 0.3) is 0 Å². The average Bonchev–Trinajstić information content (AvgIpc) is 3.10. The van der Waals surface area contributed by atoms with E-state index < -0.39 is 6.10 Å². The lowest BCUT2D eigenvalue weighted by Crippen LogP contribution is -2.35. The smallest absolute Gasteiger partial charge is 0.137 e. The lowest BCUT2D eigenvalue weighted by atomic mass is 9.90. The van der Waals surface area contributed by atoms with Crippen LogP contribution < -0.4 is 0 Å². The summed E-state index contributed by atoms with van der Waals surface area (Å²) >= 11 is 0. The largest absolute Gasteiger partial charge is 0.385 e. The van der Waals surface area contributed by atoms with Crippen molar-refractivity contribution in [2.75, 3.05) is 13.1 Å². The summed E-state index contributed by atoms with van der Waals surface area (Å²) in [5.74, 6) is 1.05. The molecule has 3 rings (SSSR count). The highest BCUT2D eigenvalue weighted by molar-refractivity contribution is 4.99. The van der Waals surface area contributed by atoms with E-state index in [4.69, 9.17) is 4.52 Å². The Morgan fingerprint density at radius 2 is 2.25 bits per heavy atom. The summed E-state index contributed by atoms with van der Waals surface area (Å²) in [5.41, 5.74) is 0.966. The van der Waals surface area contributed by atoms with Crippen molar-refractivity contribution < 1.29 is 9.63 Å². The molecule has 0 radical (unpaired) electrons. The first-order valence-electron chi connectivity index (χ1n) is 7.01. The van der Waals surface area contributed by atoms with E-state index in [9.17, 15) is 5.11 Å². The average molecular weight is 276 g/mol. The van der Waals surface area contributed by atoms with Crippen LogP contribution in [0.2, 0.25) is 0 Å². The van der Waals surface area contributed by atoms with Crippen LogP contribution in [0.5, 0.6) is 0 Å². The number of imidazole rings is 1. The number of aryl methyl sites for hydroxylation is 1. The number of hydrogen-bond acceptors (Lipinski definition) is 5. The second kappa shape index (κ2) is 5.76. The molecule has 20 heavy (non-hydrogen) atoms. The van der Waals surface area contributed by atoms with E-state index in [0.717, 1.165) is 44.0 Å². The zero-order chi connectivity index (χ0) is 13.9. The van der Waals surface area contributed by atoms with Crippen LogP contribution in [0, 0.1) is 5.92 Å². The molecule has 0 bridgehead atoms. The minimum atomic E-state index is -0.468. The zero-order valence-corrected chi connectivity index (χ0v) is 11.6. The van der Waals surface area contributed by atoms with Gasteiger partial charge in [-0.05, 0) is 31.8 Å². The van der Waals surface area contributed by atoms with E-state index in [1.165, 1.54) is 0 Å². The maximum Gasteiger partial charge on any atom is 0.137 e. The Hall–Kier alpha value is -1.66. The number of hydrogen-bond donors (Lipinski definition) is 1. The van der Waals surface area contributed by atoms with E-state index in [-0.39, 0.29) is 5.92 Å². The first-order chi connectivity index (χ1) is 9.74. The third-order valence-electron chi connectivity index (χ3n) is 4.08. The van der Waals surface area contributed by atoms with Gasteiger partial charge in [-0.2, -0.15) is 0 Å². The Morgan fingerprint density at radius 3 is 2.85 bits per heavy atom. The first kappa shape index (κ1) is 13.3. The van der Waals surface area contributed by atoms with Crippen molar-refractivity contribution in [1.29, 1.82) is 0 Å². The van der Waals surface area contributed by atoms with E-state index in [2.05, 4.69) is 15.0 Å². The van der Waals surface area contributed by atoms with E-state index in [1.807, 2.05) is 23.9 Å². The van der Waals surface area contributed by atoms with E-state index in [0.29, 0.717) is 0 Å². The molecule has 0 amide bonds. The Balaban J connectivity index is 1.54. The van der Waals surface area contributed by atoms with Gasteiger partial charge >= 0.3 is 0 Å². The molecule has 1 fully saturated rings.